The van der Waals surface area contributed by atoms with Crippen LogP contribution in [-0.2, 0) is 4.79 Å². The zero-order chi connectivity index (χ0) is 9.68. The second-order valence-electron chi connectivity index (χ2n) is 2.70. The Kier molecular flexibility index (Phi) is 3.85. The first-order valence-electron chi connectivity index (χ1n) is 4.13. The van der Waals surface area contributed by atoms with Crippen LogP contribution in [-0.4, -0.2) is 17.4 Å². The molecule has 5 heteroatoms. The third-order valence-corrected chi connectivity index (χ3v) is 2.53. The van der Waals surface area contributed by atoms with Crippen molar-refractivity contribution >= 4 is 17.2 Å². The zero-order valence-electron chi connectivity index (χ0n) is 7.49. The van der Waals surface area contributed by atoms with Gasteiger partial charge in [-0.15, -0.1) is 11.3 Å². The summed E-state index contributed by atoms with van der Waals surface area (Å²) in [6.07, 6.45) is 2.10. The van der Waals surface area contributed by atoms with Crippen molar-refractivity contribution in [1.82, 2.24) is 10.3 Å². The van der Waals surface area contributed by atoms with Gasteiger partial charge in [0.1, 0.15) is 5.01 Å². The van der Waals surface area contributed by atoms with E-state index >= 15 is 0 Å². The molecule has 0 saturated heterocycles. The second-order valence-corrected chi connectivity index (χ2v) is 3.62. The summed E-state index contributed by atoms with van der Waals surface area (Å²) in [6, 6.07) is -0.0148. The summed E-state index contributed by atoms with van der Waals surface area (Å²) in [5.74, 6) is -0.0230. The van der Waals surface area contributed by atoms with Crippen LogP contribution in [0.3, 0.4) is 0 Å². The van der Waals surface area contributed by atoms with Gasteiger partial charge in [0.15, 0.2) is 0 Å². The molecule has 1 amide bonds. The number of nitrogens with zero attached hydrogens (tertiary/aromatic N) is 1. The molecule has 0 fully saturated rings. The number of aromatic nitrogens is 1. The van der Waals surface area contributed by atoms with Crippen LogP contribution < -0.4 is 11.1 Å². The Hall–Kier alpha value is -0.940. The lowest BCUT2D eigenvalue weighted by atomic mass is 10.3. The average Bonchev–Trinajstić information content (AvgIpc) is 2.55. The molecule has 1 aromatic rings. The van der Waals surface area contributed by atoms with Crippen LogP contribution in [0, 0.1) is 0 Å². The number of rotatable bonds is 4. The van der Waals surface area contributed by atoms with E-state index in [0.29, 0.717) is 13.0 Å². The van der Waals surface area contributed by atoms with Crippen molar-refractivity contribution in [3.63, 3.8) is 0 Å². The molecule has 0 aromatic carbocycles. The van der Waals surface area contributed by atoms with E-state index < -0.39 is 0 Å². The fourth-order valence-electron chi connectivity index (χ4n) is 0.955. The third-order valence-electron chi connectivity index (χ3n) is 1.57. The van der Waals surface area contributed by atoms with E-state index in [1.54, 1.807) is 6.20 Å². The molecule has 0 aliphatic carbocycles. The summed E-state index contributed by atoms with van der Waals surface area (Å²) in [5, 5.41) is 5.62. The van der Waals surface area contributed by atoms with Crippen LogP contribution in [0.2, 0.25) is 0 Å². The van der Waals surface area contributed by atoms with Gasteiger partial charge in [-0.25, -0.2) is 4.98 Å². The van der Waals surface area contributed by atoms with Gasteiger partial charge in [0.2, 0.25) is 5.91 Å². The molecule has 1 unspecified atom stereocenters. The Bertz CT molecular complexity index is 260. The molecule has 1 aromatic heterocycles. The van der Waals surface area contributed by atoms with Gasteiger partial charge in [-0.3, -0.25) is 4.79 Å². The zero-order valence-corrected chi connectivity index (χ0v) is 8.30. The van der Waals surface area contributed by atoms with Crippen molar-refractivity contribution in [2.75, 3.05) is 6.54 Å². The average molecular weight is 199 g/mol. The lowest BCUT2D eigenvalue weighted by Crippen LogP contribution is -2.28. The van der Waals surface area contributed by atoms with E-state index in [4.69, 9.17) is 5.73 Å². The molecular formula is C8H13N3OS. The Morgan fingerprint density at radius 1 is 1.85 bits per heavy atom. The van der Waals surface area contributed by atoms with E-state index in [9.17, 15) is 4.79 Å². The van der Waals surface area contributed by atoms with Crippen molar-refractivity contribution in [3.8, 4) is 0 Å². The summed E-state index contributed by atoms with van der Waals surface area (Å²) in [5.41, 5.74) is 5.25. The first-order valence-corrected chi connectivity index (χ1v) is 5.01. The van der Waals surface area contributed by atoms with Gasteiger partial charge >= 0.3 is 0 Å². The van der Waals surface area contributed by atoms with Crippen molar-refractivity contribution in [2.45, 2.75) is 19.4 Å². The van der Waals surface area contributed by atoms with E-state index in [1.807, 2.05) is 12.3 Å². The van der Waals surface area contributed by atoms with Crippen LogP contribution in [0.15, 0.2) is 11.6 Å². The van der Waals surface area contributed by atoms with Gasteiger partial charge in [-0.1, -0.05) is 0 Å². The lowest BCUT2D eigenvalue weighted by molar-refractivity contribution is -0.121. The summed E-state index contributed by atoms with van der Waals surface area (Å²) in [6.45, 7) is 2.30. The minimum Gasteiger partial charge on any atom is -0.347 e. The minimum atomic E-state index is -0.0230. The van der Waals surface area contributed by atoms with Crippen molar-refractivity contribution in [3.05, 3.63) is 16.6 Å². The highest BCUT2D eigenvalue weighted by Crippen LogP contribution is 2.14. The molecule has 4 nitrogen and oxygen atoms in total. The number of carbonyl (C=O) groups excluding carboxylic acids is 1. The molecule has 1 atom stereocenters. The van der Waals surface area contributed by atoms with Crippen LogP contribution in [0.1, 0.15) is 24.4 Å². The molecule has 0 aliphatic heterocycles. The van der Waals surface area contributed by atoms with E-state index in [0.717, 1.165) is 5.01 Å². The van der Waals surface area contributed by atoms with Gasteiger partial charge in [-0.2, -0.15) is 0 Å². The van der Waals surface area contributed by atoms with Crippen molar-refractivity contribution in [2.24, 2.45) is 5.73 Å². The molecular weight excluding hydrogens is 186 g/mol. The monoisotopic (exact) mass is 199 g/mol. The highest BCUT2D eigenvalue weighted by molar-refractivity contribution is 7.09. The maximum atomic E-state index is 11.1. The molecule has 13 heavy (non-hydrogen) atoms. The fourth-order valence-corrected chi connectivity index (χ4v) is 1.60. The van der Waals surface area contributed by atoms with E-state index in [2.05, 4.69) is 10.3 Å². The predicted octanol–water partition coefficient (Wildman–Crippen LogP) is 0.669. The second kappa shape index (κ2) is 4.94. The number of nitrogens with one attached hydrogen (secondary N) is 1. The first-order chi connectivity index (χ1) is 6.24. The standard InChI is InChI=1S/C8H13N3OS/c1-6(8-10-4-5-13-8)11-7(12)2-3-9/h4-6H,2-3,9H2,1H3,(H,11,12). The molecule has 1 heterocycles. The van der Waals surface area contributed by atoms with Crippen LogP contribution >= 0.6 is 11.3 Å². The lowest BCUT2D eigenvalue weighted by Gasteiger charge is -2.09. The largest absolute Gasteiger partial charge is 0.347 e. The molecule has 0 radical (unpaired) electrons. The molecule has 0 spiro atoms. The SMILES string of the molecule is CC(NC(=O)CCN)c1nccs1. The van der Waals surface area contributed by atoms with Crippen LogP contribution in [0.4, 0.5) is 0 Å². The van der Waals surface area contributed by atoms with Crippen LogP contribution in [0.25, 0.3) is 0 Å². The fraction of sp³-hybridized carbons (Fsp3) is 0.500. The molecule has 72 valence electrons. The Balaban J connectivity index is 2.42. The number of amides is 1. The molecule has 3 N–H and O–H groups in total. The molecule has 0 bridgehead atoms. The molecule has 0 saturated carbocycles. The van der Waals surface area contributed by atoms with Gasteiger partial charge in [0.05, 0.1) is 6.04 Å². The number of hydrogen-bond acceptors (Lipinski definition) is 4. The normalized spacial score (nSPS) is 12.5. The summed E-state index contributed by atoms with van der Waals surface area (Å²) < 4.78 is 0. The van der Waals surface area contributed by atoms with Gasteiger partial charge in [0.25, 0.3) is 0 Å². The number of carbonyl (C=O) groups is 1. The summed E-state index contributed by atoms with van der Waals surface area (Å²) in [4.78, 5) is 15.2. The Morgan fingerprint density at radius 3 is 3.15 bits per heavy atom. The van der Waals surface area contributed by atoms with Gasteiger partial charge < -0.3 is 11.1 Å². The number of thiazole rings is 1. The Labute approximate surface area is 81.2 Å². The quantitative estimate of drug-likeness (QED) is 0.749. The van der Waals surface area contributed by atoms with E-state index in [1.165, 1.54) is 11.3 Å². The molecule has 0 aliphatic rings. The minimum absolute atomic E-state index is 0.0148. The van der Waals surface area contributed by atoms with Crippen LogP contribution in [0.5, 0.6) is 0 Å². The first kappa shape index (κ1) is 10.1. The van der Waals surface area contributed by atoms with Crippen molar-refractivity contribution < 1.29 is 4.79 Å². The Morgan fingerprint density at radius 2 is 2.62 bits per heavy atom. The highest BCUT2D eigenvalue weighted by atomic mass is 32.1. The third kappa shape index (κ3) is 3.12. The van der Waals surface area contributed by atoms with Gasteiger partial charge in [0, 0.05) is 24.5 Å². The summed E-state index contributed by atoms with van der Waals surface area (Å²) >= 11 is 1.53. The predicted molar refractivity (Wildman–Crippen MR) is 52.3 cm³/mol. The number of hydrogen-bond donors (Lipinski definition) is 2. The van der Waals surface area contributed by atoms with E-state index in [-0.39, 0.29) is 11.9 Å². The maximum Gasteiger partial charge on any atom is 0.221 e. The maximum absolute atomic E-state index is 11.1. The molecule has 1 rings (SSSR count). The summed E-state index contributed by atoms with van der Waals surface area (Å²) in [7, 11) is 0. The highest BCUT2D eigenvalue weighted by Gasteiger charge is 2.10. The topological polar surface area (TPSA) is 68.0 Å². The van der Waals surface area contributed by atoms with Crippen molar-refractivity contribution in [1.29, 1.82) is 0 Å². The van der Waals surface area contributed by atoms with Gasteiger partial charge in [-0.05, 0) is 6.92 Å². The number of nitrogens with two attached hydrogens (primary N) is 1. The smallest absolute Gasteiger partial charge is 0.221 e.